The van der Waals surface area contributed by atoms with Crippen molar-refractivity contribution >= 4 is 52.4 Å². The van der Waals surface area contributed by atoms with Crippen molar-refractivity contribution < 1.29 is 24.1 Å². The molecule has 0 spiro atoms. The van der Waals surface area contributed by atoms with Gasteiger partial charge < -0.3 is 0 Å². The van der Waals surface area contributed by atoms with Gasteiger partial charge >= 0.3 is 0 Å². The van der Waals surface area contributed by atoms with Gasteiger partial charge in [0.2, 0.25) is 0 Å². The first-order chi connectivity index (χ1) is 16.6. The van der Waals surface area contributed by atoms with Gasteiger partial charge in [0.1, 0.15) is 11.6 Å². The molecule has 0 aromatic heterocycles. The summed E-state index contributed by atoms with van der Waals surface area (Å²) in [6.45, 7) is 1.34. The summed E-state index contributed by atoms with van der Waals surface area (Å²) >= 11 is 12.1. The predicted octanol–water partition coefficient (Wildman–Crippen LogP) is 4.83. The van der Waals surface area contributed by atoms with E-state index in [4.69, 9.17) is 23.2 Å². The van der Waals surface area contributed by atoms with E-state index in [0.717, 1.165) is 6.07 Å². The number of fused-ring (bicyclic) bond motifs is 1. The first-order valence-electron chi connectivity index (χ1n) is 10.2. The van der Waals surface area contributed by atoms with E-state index in [0.29, 0.717) is 10.0 Å². The van der Waals surface area contributed by atoms with E-state index in [-0.39, 0.29) is 26.7 Å². The number of benzene rings is 3. The highest BCUT2D eigenvalue weighted by Crippen LogP contribution is 2.34. The molecule has 1 aliphatic rings. The summed E-state index contributed by atoms with van der Waals surface area (Å²) in [4.78, 5) is 64.3. The molecule has 1 atom stereocenters. The highest BCUT2D eigenvalue weighted by atomic mass is 35.5. The standard InChI is InChI=1S/C24H15Cl2N3O6/c1-13(21(30)14-6-3-2-4-7-14)27(22(31)16-11-10-15(25)12-18(16)26)28-23(32)17-8-5-9-19(29(34)35)20(17)24(28)33/h2-13H,1H3/t13-/m0/s1. The van der Waals surface area contributed by atoms with Gasteiger partial charge in [0.15, 0.2) is 5.78 Å². The summed E-state index contributed by atoms with van der Waals surface area (Å²) in [5, 5.41) is 12.8. The van der Waals surface area contributed by atoms with Crippen molar-refractivity contribution in [3.63, 3.8) is 0 Å². The van der Waals surface area contributed by atoms with Crippen molar-refractivity contribution in [3.8, 4) is 0 Å². The van der Waals surface area contributed by atoms with E-state index in [1.54, 1.807) is 18.2 Å². The lowest BCUT2D eigenvalue weighted by Crippen LogP contribution is -2.56. The Hall–Kier alpha value is -4.08. The minimum atomic E-state index is -1.36. The maximum atomic E-state index is 13.7. The molecule has 0 bridgehead atoms. The predicted molar refractivity (Wildman–Crippen MR) is 126 cm³/mol. The van der Waals surface area contributed by atoms with Crippen molar-refractivity contribution in [1.29, 1.82) is 0 Å². The van der Waals surface area contributed by atoms with Crippen LogP contribution in [0.15, 0.2) is 66.7 Å². The lowest BCUT2D eigenvalue weighted by atomic mass is 10.0. The number of ketones is 1. The quantitative estimate of drug-likeness (QED) is 0.202. The van der Waals surface area contributed by atoms with Crippen LogP contribution in [0.25, 0.3) is 0 Å². The minimum Gasteiger partial charge on any atom is -0.292 e. The van der Waals surface area contributed by atoms with E-state index in [1.165, 1.54) is 49.4 Å². The number of nitro groups is 1. The van der Waals surface area contributed by atoms with E-state index in [1.807, 2.05) is 0 Å². The van der Waals surface area contributed by atoms with Gasteiger partial charge in [-0.3, -0.25) is 29.3 Å². The van der Waals surface area contributed by atoms with Crippen LogP contribution in [0.2, 0.25) is 10.0 Å². The summed E-state index contributed by atoms with van der Waals surface area (Å²) in [5.41, 5.74) is -1.23. The van der Waals surface area contributed by atoms with E-state index < -0.39 is 45.7 Å². The van der Waals surface area contributed by atoms with Crippen LogP contribution in [0.3, 0.4) is 0 Å². The van der Waals surface area contributed by atoms with Gasteiger partial charge in [0, 0.05) is 16.7 Å². The Bertz CT molecular complexity index is 1410. The molecule has 11 heteroatoms. The lowest BCUT2D eigenvalue weighted by Gasteiger charge is -2.34. The van der Waals surface area contributed by atoms with Gasteiger partial charge in [-0.1, -0.05) is 59.6 Å². The average molecular weight is 512 g/mol. The molecule has 0 saturated carbocycles. The molecule has 4 rings (SSSR count). The second-order valence-corrected chi connectivity index (χ2v) is 8.40. The molecule has 9 nitrogen and oxygen atoms in total. The number of amides is 3. The van der Waals surface area contributed by atoms with Crippen LogP contribution in [0.1, 0.15) is 48.4 Å². The van der Waals surface area contributed by atoms with Crippen LogP contribution in [0.5, 0.6) is 0 Å². The molecule has 0 unspecified atom stereocenters. The molecule has 0 fully saturated rings. The third-order valence-corrected chi connectivity index (χ3v) is 6.01. The van der Waals surface area contributed by atoms with Crippen molar-refractivity contribution in [1.82, 2.24) is 10.0 Å². The molecule has 176 valence electrons. The molecular weight excluding hydrogens is 497 g/mol. The van der Waals surface area contributed by atoms with Crippen molar-refractivity contribution in [3.05, 3.63) is 109 Å². The number of hydrogen-bond acceptors (Lipinski definition) is 6. The lowest BCUT2D eigenvalue weighted by molar-refractivity contribution is -0.385. The zero-order valence-electron chi connectivity index (χ0n) is 18.0. The number of Topliss-reactive ketones (excluding diaryl/α,β-unsaturated/α-hetero) is 1. The summed E-state index contributed by atoms with van der Waals surface area (Å²) < 4.78 is 0. The molecule has 0 aliphatic carbocycles. The van der Waals surface area contributed by atoms with Gasteiger partial charge in [-0.15, -0.1) is 0 Å². The Kier molecular flexibility index (Phi) is 6.38. The highest BCUT2D eigenvalue weighted by Gasteiger charge is 2.48. The molecule has 0 radical (unpaired) electrons. The molecule has 0 N–H and O–H groups in total. The smallest absolute Gasteiger partial charge is 0.287 e. The van der Waals surface area contributed by atoms with E-state index in [9.17, 15) is 29.3 Å². The number of carbonyl (C=O) groups is 4. The largest absolute Gasteiger partial charge is 0.292 e. The number of nitrogens with zero attached hydrogens (tertiary/aromatic N) is 3. The van der Waals surface area contributed by atoms with Gasteiger partial charge in [-0.25, -0.2) is 5.01 Å². The Morgan fingerprint density at radius 3 is 2.29 bits per heavy atom. The Labute approximate surface area is 208 Å². The fourth-order valence-corrected chi connectivity index (χ4v) is 4.27. The fraction of sp³-hybridized carbons (Fsp3) is 0.0833. The highest BCUT2D eigenvalue weighted by molar-refractivity contribution is 6.37. The number of hydrogen-bond donors (Lipinski definition) is 0. The number of nitro benzene ring substituents is 1. The second kappa shape index (κ2) is 9.28. The van der Waals surface area contributed by atoms with Crippen molar-refractivity contribution in [2.45, 2.75) is 13.0 Å². The Morgan fingerprint density at radius 1 is 0.971 bits per heavy atom. The van der Waals surface area contributed by atoms with Crippen LogP contribution >= 0.6 is 23.2 Å². The monoisotopic (exact) mass is 511 g/mol. The third-order valence-electron chi connectivity index (χ3n) is 5.46. The van der Waals surface area contributed by atoms with Crippen molar-refractivity contribution in [2.24, 2.45) is 0 Å². The SMILES string of the molecule is C[C@@H](C(=O)c1ccccc1)N(C(=O)c1ccc(Cl)cc1Cl)N1C(=O)c2cccc([N+](=O)[O-])c2C1=O. The molecule has 3 aromatic carbocycles. The second-order valence-electron chi connectivity index (χ2n) is 7.56. The zero-order chi connectivity index (χ0) is 25.4. The fourth-order valence-electron chi connectivity index (χ4n) is 3.78. The zero-order valence-corrected chi connectivity index (χ0v) is 19.5. The molecule has 35 heavy (non-hydrogen) atoms. The molecule has 1 heterocycles. The van der Waals surface area contributed by atoms with E-state index >= 15 is 0 Å². The van der Waals surface area contributed by atoms with Crippen LogP contribution in [0, 0.1) is 10.1 Å². The molecule has 3 aromatic rings. The Morgan fingerprint density at radius 2 is 1.66 bits per heavy atom. The van der Waals surface area contributed by atoms with Gasteiger partial charge in [0.05, 0.1) is 21.1 Å². The van der Waals surface area contributed by atoms with Gasteiger partial charge in [-0.2, -0.15) is 5.01 Å². The first kappa shape index (κ1) is 24.1. The van der Waals surface area contributed by atoms with Crippen LogP contribution in [-0.2, 0) is 0 Å². The maximum absolute atomic E-state index is 13.7. The third kappa shape index (κ3) is 4.16. The summed E-state index contributed by atoms with van der Waals surface area (Å²) in [7, 11) is 0. The maximum Gasteiger partial charge on any atom is 0.287 e. The summed E-state index contributed by atoms with van der Waals surface area (Å²) in [6.07, 6.45) is 0. The van der Waals surface area contributed by atoms with Crippen LogP contribution in [0.4, 0.5) is 5.69 Å². The number of imide groups is 1. The topological polar surface area (TPSA) is 118 Å². The molecular formula is C24H15Cl2N3O6. The van der Waals surface area contributed by atoms with E-state index in [2.05, 4.69) is 0 Å². The molecule has 0 saturated heterocycles. The Balaban J connectivity index is 1.86. The normalized spacial score (nSPS) is 13.4. The summed E-state index contributed by atoms with van der Waals surface area (Å²) in [5.74, 6) is -3.61. The van der Waals surface area contributed by atoms with Gasteiger partial charge in [0.25, 0.3) is 23.4 Å². The molecule has 3 amide bonds. The number of rotatable bonds is 6. The molecule has 1 aliphatic heterocycles. The number of hydrazine groups is 1. The number of halogens is 2. The first-order valence-corrected chi connectivity index (χ1v) is 10.9. The van der Waals surface area contributed by atoms with Crippen molar-refractivity contribution in [2.75, 3.05) is 0 Å². The average Bonchev–Trinajstić information content (AvgIpc) is 3.09. The van der Waals surface area contributed by atoms with Crippen LogP contribution < -0.4 is 0 Å². The van der Waals surface area contributed by atoms with Crippen LogP contribution in [-0.4, -0.2) is 44.5 Å². The van der Waals surface area contributed by atoms with Gasteiger partial charge in [-0.05, 0) is 31.2 Å². The number of carbonyl (C=O) groups excluding carboxylic acids is 4. The summed E-state index contributed by atoms with van der Waals surface area (Å²) in [6, 6.07) is 14.2. The minimum absolute atomic E-state index is 0.0746.